The number of hydrogen-bond donors (Lipinski definition) is 1. The smallest absolute Gasteiger partial charge is 0.243 e. The third kappa shape index (κ3) is 2.51. The van der Waals surface area contributed by atoms with Crippen LogP contribution in [0.15, 0.2) is 29.2 Å². The van der Waals surface area contributed by atoms with Crippen LogP contribution in [0.2, 0.25) is 0 Å². The molecule has 94 valence electrons. The van der Waals surface area contributed by atoms with Crippen LogP contribution in [0.5, 0.6) is 0 Å². The molecule has 0 amide bonds. The molecule has 1 saturated carbocycles. The molecule has 5 heteroatoms. The van der Waals surface area contributed by atoms with Gasteiger partial charge in [0.2, 0.25) is 10.0 Å². The summed E-state index contributed by atoms with van der Waals surface area (Å²) in [5, 5.41) is 9.47. The van der Waals surface area contributed by atoms with E-state index in [1.807, 2.05) is 0 Å². The molecule has 0 radical (unpaired) electrons. The van der Waals surface area contributed by atoms with E-state index in [1.165, 1.54) is 4.31 Å². The van der Waals surface area contributed by atoms with Crippen LogP contribution in [0, 0.1) is 0 Å². The molecule has 4 nitrogen and oxygen atoms in total. The summed E-state index contributed by atoms with van der Waals surface area (Å²) in [5.74, 6) is 0. The number of aliphatic hydroxyl groups is 1. The summed E-state index contributed by atoms with van der Waals surface area (Å²) < 4.78 is 25.9. The Morgan fingerprint density at radius 2 is 2.06 bits per heavy atom. The molecular formula is C12H17NO3S. The lowest BCUT2D eigenvalue weighted by Crippen LogP contribution is -2.29. The van der Waals surface area contributed by atoms with Crippen LogP contribution in [-0.2, 0) is 10.0 Å². The second kappa shape index (κ2) is 4.40. The maximum atomic E-state index is 12.2. The summed E-state index contributed by atoms with van der Waals surface area (Å²) in [4.78, 5) is 0.255. The zero-order valence-corrected chi connectivity index (χ0v) is 10.8. The Morgan fingerprint density at radius 1 is 1.41 bits per heavy atom. The molecule has 1 aromatic rings. The van der Waals surface area contributed by atoms with Gasteiger partial charge < -0.3 is 5.11 Å². The Hall–Kier alpha value is -0.910. The highest BCUT2D eigenvalue weighted by Gasteiger charge is 2.35. The van der Waals surface area contributed by atoms with E-state index in [2.05, 4.69) is 0 Å². The fraction of sp³-hybridized carbons (Fsp3) is 0.500. The van der Waals surface area contributed by atoms with Crippen LogP contribution in [0.25, 0.3) is 0 Å². The highest BCUT2D eigenvalue weighted by Crippen LogP contribution is 2.30. The van der Waals surface area contributed by atoms with Gasteiger partial charge in [-0.15, -0.1) is 0 Å². The second-order valence-electron chi connectivity index (χ2n) is 4.50. The van der Waals surface area contributed by atoms with Crippen molar-refractivity contribution in [2.75, 3.05) is 7.05 Å². The van der Waals surface area contributed by atoms with Gasteiger partial charge >= 0.3 is 0 Å². The minimum absolute atomic E-state index is 0.148. The summed E-state index contributed by atoms with van der Waals surface area (Å²) in [6.45, 7) is 1.62. The van der Waals surface area contributed by atoms with E-state index in [0.29, 0.717) is 5.56 Å². The van der Waals surface area contributed by atoms with Crippen molar-refractivity contribution in [3.63, 3.8) is 0 Å². The molecule has 0 bridgehead atoms. The van der Waals surface area contributed by atoms with Gasteiger partial charge in [-0.2, -0.15) is 4.31 Å². The van der Waals surface area contributed by atoms with Gasteiger partial charge in [-0.05, 0) is 37.5 Å². The molecule has 0 aromatic heterocycles. The van der Waals surface area contributed by atoms with Crippen molar-refractivity contribution in [1.29, 1.82) is 0 Å². The number of rotatable bonds is 4. The molecule has 1 aromatic carbocycles. The zero-order chi connectivity index (χ0) is 12.6. The molecule has 17 heavy (non-hydrogen) atoms. The first-order chi connectivity index (χ1) is 7.93. The number of sulfonamides is 1. The minimum Gasteiger partial charge on any atom is -0.389 e. The SMILES string of the molecule is CC(O)c1cccc(S(=O)(=O)N(C)C2CC2)c1. The summed E-state index contributed by atoms with van der Waals surface area (Å²) in [7, 11) is -1.80. The molecule has 1 unspecified atom stereocenters. The normalized spacial score (nSPS) is 18.4. The van der Waals surface area contributed by atoms with Gasteiger partial charge in [-0.25, -0.2) is 8.42 Å². The largest absolute Gasteiger partial charge is 0.389 e. The molecule has 1 fully saturated rings. The van der Waals surface area contributed by atoms with E-state index in [9.17, 15) is 13.5 Å². The Bertz CT molecular complexity index is 506. The van der Waals surface area contributed by atoms with E-state index in [-0.39, 0.29) is 10.9 Å². The second-order valence-corrected chi connectivity index (χ2v) is 6.50. The lowest BCUT2D eigenvalue weighted by Gasteiger charge is -2.17. The van der Waals surface area contributed by atoms with Gasteiger partial charge in [0.15, 0.2) is 0 Å². The standard InChI is InChI=1S/C12H17NO3S/c1-9(14)10-4-3-5-12(8-10)17(15,16)13(2)11-6-7-11/h3-5,8-9,11,14H,6-7H2,1-2H3. The van der Waals surface area contributed by atoms with Crippen molar-refractivity contribution < 1.29 is 13.5 Å². The fourth-order valence-electron chi connectivity index (χ4n) is 1.74. The monoisotopic (exact) mass is 255 g/mol. The molecule has 1 N–H and O–H groups in total. The van der Waals surface area contributed by atoms with E-state index in [0.717, 1.165) is 12.8 Å². The van der Waals surface area contributed by atoms with E-state index < -0.39 is 16.1 Å². The summed E-state index contributed by atoms with van der Waals surface area (Å²) >= 11 is 0. The van der Waals surface area contributed by atoms with Gasteiger partial charge in [0.05, 0.1) is 11.0 Å². The first kappa shape index (κ1) is 12.5. The van der Waals surface area contributed by atoms with Gasteiger partial charge in [0.1, 0.15) is 0 Å². The molecule has 0 saturated heterocycles. The van der Waals surface area contributed by atoms with Gasteiger partial charge in [0.25, 0.3) is 0 Å². The molecular weight excluding hydrogens is 238 g/mol. The zero-order valence-electron chi connectivity index (χ0n) is 10.00. The molecule has 2 rings (SSSR count). The van der Waals surface area contributed by atoms with E-state index >= 15 is 0 Å². The minimum atomic E-state index is -3.41. The highest BCUT2D eigenvalue weighted by atomic mass is 32.2. The topological polar surface area (TPSA) is 57.6 Å². The van der Waals surface area contributed by atoms with Crippen LogP contribution in [-0.4, -0.2) is 30.9 Å². The number of aliphatic hydroxyl groups excluding tert-OH is 1. The van der Waals surface area contributed by atoms with Gasteiger partial charge in [0, 0.05) is 13.1 Å². The third-order valence-corrected chi connectivity index (χ3v) is 4.98. The molecule has 0 aliphatic heterocycles. The first-order valence-corrected chi connectivity index (χ1v) is 7.13. The number of hydrogen-bond acceptors (Lipinski definition) is 3. The predicted molar refractivity (Wildman–Crippen MR) is 65.0 cm³/mol. The van der Waals surface area contributed by atoms with E-state index in [4.69, 9.17) is 0 Å². The average molecular weight is 255 g/mol. The highest BCUT2D eigenvalue weighted by molar-refractivity contribution is 7.89. The molecule has 0 spiro atoms. The summed E-state index contributed by atoms with van der Waals surface area (Å²) in [6.07, 6.45) is 1.22. The van der Waals surface area contributed by atoms with Crippen molar-refractivity contribution in [2.45, 2.75) is 36.8 Å². The lowest BCUT2D eigenvalue weighted by atomic mass is 10.1. The Balaban J connectivity index is 2.35. The van der Waals surface area contributed by atoms with Crippen LogP contribution in [0.4, 0.5) is 0 Å². The molecule has 0 heterocycles. The quantitative estimate of drug-likeness (QED) is 0.887. The third-order valence-electron chi connectivity index (χ3n) is 3.08. The van der Waals surface area contributed by atoms with Crippen LogP contribution in [0.3, 0.4) is 0 Å². The molecule has 1 aliphatic rings. The Labute approximate surface area is 102 Å². The summed E-state index contributed by atoms with van der Waals surface area (Å²) in [6, 6.07) is 6.64. The predicted octanol–water partition coefficient (Wildman–Crippen LogP) is 1.52. The first-order valence-electron chi connectivity index (χ1n) is 5.69. The van der Waals surface area contributed by atoms with Crippen molar-refractivity contribution >= 4 is 10.0 Å². The average Bonchev–Trinajstić information content (AvgIpc) is 3.12. The van der Waals surface area contributed by atoms with Crippen LogP contribution in [0.1, 0.15) is 31.4 Å². The number of benzene rings is 1. The van der Waals surface area contributed by atoms with Crippen molar-refractivity contribution in [3.05, 3.63) is 29.8 Å². The Morgan fingerprint density at radius 3 is 2.59 bits per heavy atom. The van der Waals surface area contributed by atoms with Gasteiger partial charge in [-0.3, -0.25) is 0 Å². The van der Waals surface area contributed by atoms with Crippen molar-refractivity contribution in [1.82, 2.24) is 4.31 Å². The molecule has 1 aliphatic carbocycles. The van der Waals surface area contributed by atoms with Gasteiger partial charge in [-0.1, -0.05) is 12.1 Å². The fourth-order valence-corrected chi connectivity index (χ4v) is 3.21. The number of nitrogens with zero attached hydrogens (tertiary/aromatic N) is 1. The van der Waals surface area contributed by atoms with Crippen LogP contribution < -0.4 is 0 Å². The van der Waals surface area contributed by atoms with Crippen LogP contribution >= 0.6 is 0 Å². The van der Waals surface area contributed by atoms with E-state index in [1.54, 1.807) is 38.2 Å². The maximum Gasteiger partial charge on any atom is 0.243 e. The maximum absolute atomic E-state index is 12.2. The Kier molecular flexibility index (Phi) is 3.25. The van der Waals surface area contributed by atoms with Crippen molar-refractivity contribution in [2.24, 2.45) is 0 Å². The lowest BCUT2D eigenvalue weighted by molar-refractivity contribution is 0.199. The molecule has 1 atom stereocenters. The summed E-state index contributed by atoms with van der Waals surface area (Å²) in [5.41, 5.74) is 0.621. The van der Waals surface area contributed by atoms with Crippen molar-refractivity contribution in [3.8, 4) is 0 Å².